The van der Waals surface area contributed by atoms with Crippen molar-refractivity contribution in [2.45, 2.75) is 31.3 Å². The van der Waals surface area contributed by atoms with Gasteiger partial charge in [-0.3, -0.25) is 8.74 Å². The molecular formula is C11H14O3S. The van der Waals surface area contributed by atoms with E-state index in [2.05, 4.69) is 0 Å². The molecule has 1 aromatic carbocycles. The molecule has 15 heavy (non-hydrogen) atoms. The largest absolute Gasteiger partial charge is 0.302 e. The van der Waals surface area contributed by atoms with E-state index in [1.807, 2.05) is 30.3 Å². The SMILES string of the molecule is O=S(O)OC1(c2ccccc2)CCCC1. The molecule has 0 heterocycles. The van der Waals surface area contributed by atoms with E-state index < -0.39 is 17.0 Å². The van der Waals surface area contributed by atoms with Crippen molar-refractivity contribution in [3.05, 3.63) is 35.9 Å². The van der Waals surface area contributed by atoms with Gasteiger partial charge in [-0.1, -0.05) is 43.2 Å². The molecule has 1 fully saturated rings. The van der Waals surface area contributed by atoms with Crippen molar-refractivity contribution in [3.8, 4) is 0 Å². The molecule has 4 heteroatoms. The lowest BCUT2D eigenvalue weighted by atomic mass is 9.92. The van der Waals surface area contributed by atoms with E-state index in [1.165, 1.54) is 0 Å². The Morgan fingerprint density at radius 1 is 1.20 bits per heavy atom. The van der Waals surface area contributed by atoms with Crippen LogP contribution in [0.2, 0.25) is 0 Å². The molecule has 1 saturated carbocycles. The second kappa shape index (κ2) is 4.43. The summed E-state index contributed by atoms with van der Waals surface area (Å²) in [7, 11) is 0. The molecule has 1 N–H and O–H groups in total. The summed E-state index contributed by atoms with van der Waals surface area (Å²) in [6.45, 7) is 0. The third-order valence-electron chi connectivity index (χ3n) is 2.94. The van der Waals surface area contributed by atoms with Gasteiger partial charge in [-0.25, -0.2) is 0 Å². The first kappa shape index (κ1) is 10.8. The van der Waals surface area contributed by atoms with E-state index in [4.69, 9.17) is 8.74 Å². The van der Waals surface area contributed by atoms with Crippen LogP contribution in [0, 0.1) is 0 Å². The molecule has 3 nitrogen and oxygen atoms in total. The Bertz CT molecular complexity index is 344. The maximum Gasteiger partial charge on any atom is 0.302 e. The fourth-order valence-corrected chi connectivity index (χ4v) is 2.78. The van der Waals surface area contributed by atoms with Crippen LogP contribution in [0.1, 0.15) is 31.2 Å². The Morgan fingerprint density at radius 3 is 2.33 bits per heavy atom. The molecule has 1 aliphatic carbocycles. The highest BCUT2D eigenvalue weighted by atomic mass is 32.2. The van der Waals surface area contributed by atoms with Gasteiger partial charge < -0.3 is 0 Å². The van der Waals surface area contributed by atoms with Crippen molar-refractivity contribution >= 4 is 11.4 Å². The van der Waals surface area contributed by atoms with Crippen LogP contribution < -0.4 is 0 Å². The van der Waals surface area contributed by atoms with E-state index in [0.29, 0.717) is 0 Å². The van der Waals surface area contributed by atoms with E-state index >= 15 is 0 Å². The van der Waals surface area contributed by atoms with Crippen molar-refractivity contribution in [3.63, 3.8) is 0 Å². The normalized spacial score (nSPS) is 21.4. The van der Waals surface area contributed by atoms with E-state index in [-0.39, 0.29) is 0 Å². The monoisotopic (exact) mass is 226 g/mol. The quantitative estimate of drug-likeness (QED) is 0.806. The Labute approximate surface area is 92.0 Å². The van der Waals surface area contributed by atoms with Crippen LogP contribution in [-0.2, 0) is 21.1 Å². The fourth-order valence-electron chi connectivity index (χ4n) is 2.24. The van der Waals surface area contributed by atoms with Gasteiger partial charge in [0, 0.05) is 0 Å². The number of rotatable bonds is 3. The molecule has 0 aromatic heterocycles. The molecule has 2 rings (SSSR count). The van der Waals surface area contributed by atoms with Crippen LogP contribution in [0.15, 0.2) is 30.3 Å². The summed E-state index contributed by atoms with van der Waals surface area (Å²) in [6.07, 6.45) is 3.74. The summed E-state index contributed by atoms with van der Waals surface area (Å²) in [5, 5.41) is 0. The minimum Gasteiger partial charge on any atom is -0.284 e. The highest BCUT2D eigenvalue weighted by Crippen LogP contribution is 2.42. The molecule has 0 bridgehead atoms. The Morgan fingerprint density at radius 2 is 1.80 bits per heavy atom. The van der Waals surface area contributed by atoms with Gasteiger partial charge in [0.2, 0.25) is 0 Å². The van der Waals surface area contributed by atoms with Gasteiger partial charge in [-0.2, -0.15) is 4.21 Å². The van der Waals surface area contributed by atoms with Crippen LogP contribution in [-0.4, -0.2) is 8.76 Å². The minimum atomic E-state index is -2.20. The first-order valence-electron chi connectivity index (χ1n) is 5.09. The first-order valence-corrected chi connectivity index (χ1v) is 6.12. The zero-order valence-electron chi connectivity index (χ0n) is 8.39. The molecule has 1 atom stereocenters. The van der Waals surface area contributed by atoms with Gasteiger partial charge in [-0.05, 0) is 18.4 Å². The summed E-state index contributed by atoms with van der Waals surface area (Å²) in [5.74, 6) is 0. The van der Waals surface area contributed by atoms with E-state index in [1.54, 1.807) is 0 Å². The first-order chi connectivity index (χ1) is 7.23. The molecule has 0 amide bonds. The van der Waals surface area contributed by atoms with Gasteiger partial charge in [-0.15, -0.1) is 0 Å². The van der Waals surface area contributed by atoms with Crippen LogP contribution in [0.4, 0.5) is 0 Å². The van der Waals surface area contributed by atoms with Crippen LogP contribution in [0.25, 0.3) is 0 Å². The van der Waals surface area contributed by atoms with Crippen molar-refractivity contribution in [2.24, 2.45) is 0 Å². The number of benzene rings is 1. The zero-order chi connectivity index (χ0) is 10.7. The topological polar surface area (TPSA) is 46.5 Å². The van der Waals surface area contributed by atoms with E-state index in [9.17, 15) is 4.21 Å². The van der Waals surface area contributed by atoms with Gasteiger partial charge >= 0.3 is 11.4 Å². The molecule has 1 unspecified atom stereocenters. The summed E-state index contributed by atoms with van der Waals surface area (Å²) < 4.78 is 24.9. The summed E-state index contributed by atoms with van der Waals surface area (Å²) in [5.41, 5.74) is 0.464. The zero-order valence-corrected chi connectivity index (χ0v) is 9.20. The van der Waals surface area contributed by atoms with Gasteiger partial charge in [0.1, 0.15) is 5.60 Å². The average molecular weight is 226 g/mol. The molecule has 0 radical (unpaired) electrons. The Kier molecular flexibility index (Phi) is 3.19. The van der Waals surface area contributed by atoms with Gasteiger partial charge in [0.15, 0.2) is 0 Å². The highest BCUT2D eigenvalue weighted by molar-refractivity contribution is 7.74. The molecule has 0 aliphatic heterocycles. The predicted octanol–water partition coefficient (Wildman–Crippen LogP) is 2.61. The lowest BCUT2D eigenvalue weighted by molar-refractivity contribution is 0.0796. The average Bonchev–Trinajstić information content (AvgIpc) is 2.68. The van der Waals surface area contributed by atoms with Crippen molar-refractivity contribution < 1.29 is 12.9 Å². The lowest BCUT2D eigenvalue weighted by Gasteiger charge is -2.27. The summed E-state index contributed by atoms with van der Waals surface area (Å²) in [4.78, 5) is 0. The highest BCUT2D eigenvalue weighted by Gasteiger charge is 2.38. The standard InChI is InChI=1S/C11H14O3S/c12-15(13)14-11(8-4-5-9-11)10-6-2-1-3-7-10/h1-3,6-7H,4-5,8-9H2,(H,12,13). The third-order valence-corrected chi connectivity index (χ3v) is 3.40. The second-order valence-corrected chi connectivity index (χ2v) is 4.47. The number of hydrogen-bond acceptors (Lipinski definition) is 2. The van der Waals surface area contributed by atoms with Crippen molar-refractivity contribution in [1.82, 2.24) is 0 Å². The van der Waals surface area contributed by atoms with Gasteiger partial charge in [0.25, 0.3) is 0 Å². The number of hydrogen-bond donors (Lipinski definition) is 1. The van der Waals surface area contributed by atoms with Gasteiger partial charge in [0.05, 0.1) is 0 Å². The van der Waals surface area contributed by atoms with Crippen LogP contribution >= 0.6 is 0 Å². The Balaban J connectivity index is 2.30. The lowest BCUT2D eigenvalue weighted by Crippen LogP contribution is -2.26. The molecule has 0 saturated heterocycles. The Hall–Kier alpha value is -0.710. The van der Waals surface area contributed by atoms with Crippen LogP contribution in [0.5, 0.6) is 0 Å². The maximum absolute atomic E-state index is 10.8. The van der Waals surface area contributed by atoms with Crippen molar-refractivity contribution in [2.75, 3.05) is 0 Å². The molecular weight excluding hydrogens is 212 g/mol. The summed E-state index contributed by atoms with van der Waals surface area (Å²) >= 11 is -2.20. The predicted molar refractivity (Wildman–Crippen MR) is 58.4 cm³/mol. The molecule has 1 aliphatic rings. The maximum atomic E-state index is 10.8. The molecule has 1 aromatic rings. The molecule has 0 spiro atoms. The van der Waals surface area contributed by atoms with Crippen LogP contribution in [0.3, 0.4) is 0 Å². The van der Waals surface area contributed by atoms with E-state index in [0.717, 1.165) is 31.2 Å². The van der Waals surface area contributed by atoms with Crippen molar-refractivity contribution in [1.29, 1.82) is 0 Å². The minimum absolute atomic E-state index is 0.541. The molecule has 82 valence electrons. The third kappa shape index (κ3) is 2.27. The smallest absolute Gasteiger partial charge is 0.284 e. The summed E-state index contributed by atoms with van der Waals surface area (Å²) in [6, 6.07) is 9.70. The second-order valence-electron chi connectivity index (χ2n) is 3.87. The fraction of sp³-hybridized carbons (Fsp3) is 0.455.